The summed E-state index contributed by atoms with van der Waals surface area (Å²) in [6, 6.07) is 6.35. The molecule has 1 fully saturated rings. The van der Waals surface area contributed by atoms with Crippen LogP contribution in [-0.4, -0.2) is 53.0 Å². The molecule has 7 nitrogen and oxygen atoms in total. The van der Waals surface area contributed by atoms with Gasteiger partial charge in [0.05, 0.1) is 31.4 Å². The van der Waals surface area contributed by atoms with Gasteiger partial charge in [0, 0.05) is 24.5 Å². The normalized spacial score (nSPS) is 18.1. The fraction of sp³-hybridized carbons (Fsp3) is 0.375. The number of amides is 1. The predicted octanol–water partition coefficient (Wildman–Crippen LogP) is 3.55. The summed E-state index contributed by atoms with van der Waals surface area (Å²) in [6.07, 6.45) is 3.22. The molecule has 1 atom stereocenters. The summed E-state index contributed by atoms with van der Waals surface area (Å²) >= 11 is 0. The van der Waals surface area contributed by atoms with Gasteiger partial charge in [-0.25, -0.2) is 0 Å². The van der Waals surface area contributed by atoms with E-state index < -0.39 is 17.7 Å². The fourth-order valence-electron chi connectivity index (χ4n) is 3.79. The lowest BCUT2D eigenvalue weighted by molar-refractivity contribution is -0.140. The first-order valence-electron chi connectivity index (χ1n) is 10.2. The molecule has 1 aromatic heterocycles. The molecule has 0 radical (unpaired) electrons. The monoisotopic (exact) mass is 424 g/mol. The van der Waals surface area contributed by atoms with Crippen LogP contribution in [0.25, 0.3) is 5.76 Å². The summed E-state index contributed by atoms with van der Waals surface area (Å²) in [5.74, 6) is -0.902. The van der Waals surface area contributed by atoms with Gasteiger partial charge in [-0.05, 0) is 62.6 Å². The standard InChI is InChI=1S/C24H28N2O5/c1-14(2)31-10-9-26-21(17-7-6-8-25-13-17)20(23(28)24(26)29)22(27)18-11-16(4)19(30-5)12-15(18)3/h6-8,11-14,21,27H,9-10H2,1-5H3/b22-20+. The van der Waals surface area contributed by atoms with Crippen LogP contribution in [0.4, 0.5) is 0 Å². The zero-order chi connectivity index (χ0) is 22.7. The van der Waals surface area contributed by atoms with Gasteiger partial charge in [-0.2, -0.15) is 0 Å². The zero-order valence-corrected chi connectivity index (χ0v) is 18.5. The van der Waals surface area contributed by atoms with Crippen molar-refractivity contribution in [3.05, 3.63) is 64.5 Å². The molecule has 2 heterocycles. The number of benzene rings is 1. The maximum atomic E-state index is 13.0. The van der Waals surface area contributed by atoms with Crippen LogP contribution in [0.15, 0.2) is 42.2 Å². The van der Waals surface area contributed by atoms with Crippen molar-refractivity contribution >= 4 is 17.4 Å². The van der Waals surface area contributed by atoms with Gasteiger partial charge in [0.2, 0.25) is 0 Å². The van der Waals surface area contributed by atoms with E-state index in [1.165, 1.54) is 4.90 Å². The number of hydrogen-bond donors (Lipinski definition) is 1. The second-order valence-corrected chi connectivity index (χ2v) is 7.84. The Bertz CT molecular complexity index is 1010. The number of carbonyl (C=O) groups is 2. The highest BCUT2D eigenvalue weighted by Crippen LogP contribution is 2.40. The first-order chi connectivity index (χ1) is 14.8. The second kappa shape index (κ2) is 9.31. The lowest BCUT2D eigenvalue weighted by atomic mass is 9.93. The third-order valence-corrected chi connectivity index (χ3v) is 5.32. The van der Waals surface area contributed by atoms with E-state index in [2.05, 4.69) is 4.98 Å². The molecular weight excluding hydrogens is 396 g/mol. The number of likely N-dealkylation sites (tertiary alicyclic amines) is 1. The number of hydrogen-bond acceptors (Lipinski definition) is 6. The summed E-state index contributed by atoms with van der Waals surface area (Å²) in [6.45, 7) is 7.99. The van der Waals surface area contributed by atoms with Gasteiger partial charge in [-0.1, -0.05) is 6.07 Å². The maximum absolute atomic E-state index is 13.0. The van der Waals surface area contributed by atoms with Gasteiger partial charge in [0.15, 0.2) is 0 Å². The van der Waals surface area contributed by atoms with E-state index in [1.54, 1.807) is 43.8 Å². The summed E-state index contributed by atoms with van der Waals surface area (Å²) in [5, 5.41) is 11.2. The van der Waals surface area contributed by atoms with Crippen molar-refractivity contribution in [1.82, 2.24) is 9.88 Å². The number of pyridine rings is 1. The minimum atomic E-state index is -0.744. The van der Waals surface area contributed by atoms with E-state index in [-0.39, 0.29) is 30.6 Å². The zero-order valence-electron chi connectivity index (χ0n) is 18.5. The molecule has 164 valence electrons. The van der Waals surface area contributed by atoms with E-state index in [0.717, 1.165) is 11.1 Å². The second-order valence-electron chi connectivity index (χ2n) is 7.84. The summed E-state index contributed by atoms with van der Waals surface area (Å²) in [4.78, 5) is 31.5. The molecule has 3 rings (SSSR count). The topological polar surface area (TPSA) is 89.0 Å². The van der Waals surface area contributed by atoms with Crippen molar-refractivity contribution in [2.75, 3.05) is 20.3 Å². The van der Waals surface area contributed by atoms with E-state index in [1.807, 2.05) is 27.7 Å². The van der Waals surface area contributed by atoms with Gasteiger partial charge in [-0.3, -0.25) is 14.6 Å². The Labute approximate surface area is 182 Å². The van der Waals surface area contributed by atoms with Crippen molar-refractivity contribution in [2.24, 2.45) is 0 Å². The van der Waals surface area contributed by atoms with Crippen molar-refractivity contribution in [2.45, 2.75) is 39.8 Å². The molecule has 1 aliphatic heterocycles. The number of aliphatic hydroxyl groups excluding tert-OH is 1. The van der Waals surface area contributed by atoms with Crippen LogP contribution in [-0.2, 0) is 14.3 Å². The number of Topliss-reactive ketones (excluding diaryl/α,β-unsaturated/α-hetero) is 1. The minimum Gasteiger partial charge on any atom is -0.507 e. The molecule has 0 spiro atoms. The lowest BCUT2D eigenvalue weighted by Gasteiger charge is -2.25. The Kier molecular flexibility index (Phi) is 6.75. The molecule has 7 heteroatoms. The van der Waals surface area contributed by atoms with Gasteiger partial charge in [-0.15, -0.1) is 0 Å². The molecule has 1 saturated heterocycles. The molecule has 31 heavy (non-hydrogen) atoms. The fourth-order valence-corrected chi connectivity index (χ4v) is 3.79. The highest BCUT2D eigenvalue weighted by Gasteiger charge is 2.46. The number of methoxy groups -OCH3 is 1. The maximum Gasteiger partial charge on any atom is 0.295 e. The number of ketones is 1. The lowest BCUT2D eigenvalue weighted by Crippen LogP contribution is -2.33. The van der Waals surface area contributed by atoms with Crippen LogP contribution in [0.2, 0.25) is 0 Å². The van der Waals surface area contributed by atoms with Crippen molar-refractivity contribution < 1.29 is 24.2 Å². The van der Waals surface area contributed by atoms with Crippen molar-refractivity contribution in [3.8, 4) is 5.75 Å². The number of aryl methyl sites for hydroxylation is 2. The number of ether oxygens (including phenoxy) is 2. The number of aliphatic hydroxyl groups is 1. The van der Waals surface area contributed by atoms with E-state index in [0.29, 0.717) is 16.9 Å². The van der Waals surface area contributed by atoms with Crippen LogP contribution in [0.1, 0.15) is 42.1 Å². The van der Waals surface area contributed by atoms with Crippen LogP contribution in [0.5, 0.6) is 5.75 Å². The van der Waals surface area contributed by atoms with Gasteiger partial charge < -0.3 is 19.5 Å². The predicted molar refractivity (Wildman–Crippen MR) is 117 cm³/mol. The molecule has 1 aromatic carbocycles. The van der Waals surface area contributed by atoms with Crippen molar-refractivity contribution in [1.29, 1.82) is 0 Å². The SMILES string of the molecule is COc1cc(C)c(/C(O)=C2\C(=O)C(=O)N(CCOC(C)C)C2c2cccnc2)cc1C. The van der Waals surface area contributed by atoms with E-state index in [9.17, 15) is 14.7 Å². The van der Waals surface area contributed by atoms with Gasteiger partial charge >= 0.3 is 0 Å². The molecule has 0 aliphatic carbocycles. The van der Waals surface area contributed by atoms with E-state index in [4.69, 9.17) is 9.47 Å². The Hall–Kier alpha value is -3.19. The average Bonchev–Trinajstić information content (AvgIpc) is 3.00. The minimum absolute atomic E-state index is 0.00131. The van der Waals surface area contributed by atoms with Crippen LogP contribution in [0, 0.1) is 13.8 Å². The quantitative estimate of drug-likeness (QED) is 0.415. The average molecular weight is 424 g/mol. The molecule has 0 saturated carbocycles. The summed E-state index contributed by atoms with van der Waals surface area (Å²) < 4.78 is 10.9. The number of aromatic nitrogens is 1. The van der Waals surface area contributed by atoms with Crippen LogP contribution in [0.3, 0.4) is 0 Å². The molecule has 1 unspecified atom stereocenters. The molecule has 2 aromatic rings. The number of rotatable bonds is 7. The summed E-state index contributed by atoms with van der Waals surface area (Å²) in [7, 11) is 1.58. The van der Waals surface area contributed by atoms with Gasteiger partial charge in [0.25, 0.3) is 11.7 Å². The Balaban J connectivity index is 2.13. The Morgan fingerprint density at radius 3 is 2.58 bits per heavy atom. The highest BCUT2D eigenvalue weighted by atomic mass is 16.5. The first-order valence-corrected chi connectivity index (χ1v) is 10.2. The molecule has 1 N–H and O–H groups in total. The molecule has 1 aliphatic rings. The third-order valence-electron chi connectivity index (χ3n) is 5.32. The number of nitrogens with zero attached hydrogens (tertiary/aromatic N) is 2. The number of carbonyl (C=O) groups excluding carboxylic acids is 2. The van der Waals surface area contributed by atoms with Crippen molar-refractivity contribution in [3.63, 3.8) is 0 Å². The molecule has 1 amide bonds. The highest BCUT2D eigenvalue weighted by molar-refractivity contribution is 6.46. The summed E-state index contributed by atoms with van der Waals surface area (Å²) in [5.41, 5.74) is 2.74. The van der Waals surface area contributed by atoms with Crippen LogP contribution >= 0.6 is 0 Å². The molecular formula is C24H28N2O5. The van der Waals surface area contributed by atoms with Gasteiger partial charge in [0.1, 0.15) is 11.5 Å². The largest absolute Gasteiger partial charge is 0.507 e. The van der Waals surface area contributed by atoms with E-state index >= 15 is 0 Å². The molecule has 0 bridgehead atoms. The Morgan fingerprint density at radius 2 is 1.97 bits per heavy atom. The first kappa shape index (κ1) is 22.5. The third kappa shape index (κ3) is 4.46. The van der Waals surface area contributed by atoms with Crippen LogP contribution < -0.4 is 4.74 Å². The Morgan fingerprint density at radius 1 is 1.23 bits per heavy atom. The smallest absolute Gasteiger partial charge is 0.295 e.